The van der Waals surface area contributed by atoms with Gasteiger partial charge in [-0.15, -0.1) is 10.2 Å². The lowest BCUT2D eigenvalue weighted by atomic mass is 9.86. The number of anilines is 2. The maximum Gasteiger partial charge on any atom is 0.226 e. The molecule has 8 heteroatoms. The van der Waals surface area contributed by atoms with Crippen molar-refractivity contribution in [3.8, 4) is 5.82 Å². The van der Waals surface area contributed by atoms with Crippen LogP contribution in [0, 0.1) is 12.7 Å². The van der Waals surface area contributed by atoms with Crippen molar-refractivity contribution in [3.63, 3.8) is 0 Å². The maximum atomic E-state index is 13.4. The van der Waals surface area contributed by atoms with Crippen LogP contribution in [0.25, 0.3) is 5.82 Å². The Morgan fingerprint density at radius 1 is 1.00 bits per heavy atom. The molecule has 1 aromatic carbocycles. The molecule has 1 N–H and O–H groups in total. The van der Waals surface area contributed by atoms with Gasteiger partial charge in [-0.25, -0.2) is 4.39 Å². The van der Waals surface area contributed by atoms with Crippen LogP contribution in [0.5, 0.6) is 0 Å². The smallest absolute Gasteiger partial charge is 0.226 e. The van der Waals surface area contributed by atoms with E-state index < -0.39 is 0 Å². The monoisotopic (exact) mass is 406 g/mol. The Kier molecular flexibility index (Phi) is 4.69. The van der Waals surface area contributed by atoms with Gasteiger partial charge in [0, 0.05) is 31.0 Å². The van der Waals surface area contributed by atoms with Gasteiger partial charge in [0.1, 0.15) is 11.6 Å². The molecule has 4 heterocycles. The molecule has 2 aliphatic heterocycles. The number of carbonyl (C=O) groups is 1. The summed E-state index contributed by atoms with van der Waals surface area (Å²) in [5, 5.41) is 16.4. The average molecular weight is 406 g/mol. The van der Waals surface area contributed by atoms with Crippen molar-refractivity contribution >= 4 is 17.5 Å². The average Bonchev–Trinajstić information content (AvgIpc) is 3.10. The Bertz CT molecular complexity index is 1070. The molecule has 5 rings (SSSR count). The summed E-state index contributed by atoms with van der Waals surface area (Å²) in [6, 6.07) is 10.1. The number of nitrogens with one attached hydrogen (secondary N) is 1. The highest BCUT2D eigenvalue weighted by molar-refractivity contribution is 5.95. The van der Waals surface area contributed by atoms with Crippen molar-refractivity contribution in [1.82, 2.24) is 20.0 Å². The number of hydrogen-bond donors (Lipinski definition) is 1. The largest absolute Gasteiger partial charge is 0.355 e. The molecule has 7 nitrogen and oxygen atoms in total. The second kappa shape index (κ2) is 7.51. The van der Waals surface area contributed by atoms with Crippen LogP contribution in [0.4, 0.5) is 16.0 Å². The molecule has 0 saturated carbocycles. The standard InChI is InChI=1S/C22H23FN6O/c1-14-21-17(15-5-7-16(23)8-6-15)13-20(30)24-22(21)29(27-14)19-10-9-18(25-26-19)28-11-3-2-4-12-28/h5-10,17H,2-4,11-13H2,1H3,(H,24,30). The lowest BCUT2D eigenvalue weighted by Crippen LogP contribution is -2.30. The number of amides is 1. The molecule has 2 aromatic heterocycles. The predicted molar refractivity (Wildman–Crippen MR) is 111 cm³/mol. The molecule has 1 saturated heterocycles. The molecule has 0 bridgehead atoms. The van der Waals surface area contributed by atoms with Crippen molar-refractivity contribution in [3.05, 3.63) is 59.0 Å². The molecule has 0 aliphatic carbocycles. The zero-order chi connectivity index (χ0) is 20.7. The summed E-state index contributed by atoms with van der Waals surface area (Å²) in [5.74, 6) is 1.46. The number of carbonyl (C=O) groups excluding carboxylic acids is 1. The third-order valence-corrected chi connectivity index (χ3v) is 5.91. The van der Waals surface area contributed by atoms with Crippen molar-refractivity contribution in [2.24, 2.45) is 0 Å². The quantitative estimate of drug-likeness (QED) is 0.720. The van der Waals surface area contributed by atoms with E-state index in [2.05, 4.69) is 25.5 Å². The Morgan fingerprint density at radius 2 is 1.70 bits per heavy atom. The molecule has 3 aromatic rings. The number of aryl methyl sites for hydroxylation is 1. The zero-order valence-corrected chi connectivity index (χ0v) is 16.8. The number of hydrogen-bond acceptors (Lipinski definition) is 5. The van der Waals surface area contributed by atoms with Crippen molar-refractivity contribution < 1.29 is 9.18 Å². The topological polar surface area (TPSA) is 75.9 Å². The fourth-order valence-corrected chi connectivity index (χ4v) is 4.42. The summed E-state index contributed by atoms with van der Waals surface area (Å²) < 4.78 is 15.0. The van der Waals surface area contributed by atoms with E-state index in [-0.39, 0.29) is 17.6 Å². The normalized spacial score (nSPS) is 18.8. The van der Waals surface area contributed by atoms with E-state index >= 15 is 0 Å². The van der Waals surface area contributed by atoms with E-state index in [0.29, 0.717) is 18.1 Å². The van der Waals surface area contributed by atoms with Gasteiger partial charge in [-0.05, 0) is 56.0 Å². The number of benzene rings is 1. The number of nitrogens with zero attached hydrogens (tertiary/aromatic N) is 5. The molecule has 30 heavy (non-hydrogen) atoms. The number of halogens is 1. The van der Waals surface area contributed by atoms with Gasteiger partial charge in [0.05, 0.1) is 5.69 Å². The summed E-state index contributed by atoms with van der Waals surface area (Å²) in [4.78, 5) is 14.7. The minimum atomic E-state index is -0.296. The van der Waals surface area contributed by atoms with E-state index in [0.717, 1.165) is 35.7 Å². The lowest BCUT2D eigenvalue weighted by Gasteiger charge is -2.27. The molecule has 1 fully saturated rings. The second-order valence-electron chi connectivity index (χ2n) is 7.91. The first-order valence-corrected chi connectivity index (χ1v) is 10.3. The summed E-state index contributed by atoms with van der Waals surface area (Å²) in [6.07, 6.45) is 3.90. The van der Waals surface area contributed by atoms with Crippen molar-refractivity contribution in [1.29, 1.82) is 0 Å². The van der Waals surface area contributed by atoms with Crippen LogP contribution in [0.3, 0.4) is 0 Å². The van der Waals surface area contributed by atoms with E-state index in [4.69, 9.17) is 0 Å². The summed E-state index contributed by atoms with van der Waals surface area (Å²) in [7, 11) is 0. The second-order valence-corrected chi connectivity index (χ2v) is 7.91. The summed E-state index contributed by atoms with van der Waals surface area (Å²) in [6.45, 7) is 3.91. The highest BCUT2D eigenvalue weighted by Crippen LogP contribution is 2.40. The van der Waals surface area contributed by atoms with Crippen molar-refractivity contribution in [2.75, 3.05) is 23.3 Å². The fourth-order valence-electron chi connectivity index (χ4n) is 4.42. The first-order valence-electron chi connectivity index (χ1n) is 10.3. The minimum Gasteiger partial charge on any atom is -0.355 e. The molecule has 0 radical (unpaired) electrons. The van der Waals surface area contributed by atoms with Crippen LogP contribution in [0.1, 0.15) is 48.4 Å². The lowest BCUT2D eigenvalue weighted by molar-refractivity contribution is -0.116. The van der Waals surface area contributed by atoms with Gasteiger partial charge in [-0.3, -0.25) is 4.79 Å². The first-order chi connectivity index (χ1) is 14.6. The van der Waals surface area contributed by atoms with E-state index in [9.17, 15) is 9.18 Å². The van der Waals surface area contributed by atoms with Crippen LogP contribution >= 0.6 is 0 Å². The van der Waals surface area contributed by atoms with Gasteiger partial charge in [0.25, 0.3) is 0 Å². The molecule has 154 valence electrons. The number of aromatic nitrogens is 4. The molecule has 2 aliphatic rings. The van der Waals surface area contributed by atoms with Gasteiger partial charge in [-0.2, -0.15) is 9.78 Å². The number of fused-ring (bicyclic) bond motifs is 1. The molecule has 1 amide bonds. The van der Waals surface area contributed by atoms with Crippen LogP contribution in [-0.2, 0) is 4.79 Å². The predicted octanol–water partition coefficient (Wildman–Crippen LogP) is 3.57. The van der Waals surface area contributed by atoms with Crippen molar-refractivity contribution in [2.45, 2.75) is 38.5 Å². The summed E-state index contributed by atoms with van der Waals surface area (Å²) >= 11 is 0. The number of rotatable bonds is 3. The highest BCUT2D eigenvalue weighted by atomic mass is 19.1. The molecular formula is C22H23FN6O. The van der Waals surface area contributed by atoms with Crippen LogP contribution in [-0.4, -0.2) is 39.0 Å². The van der Waals surface area contributed by atoms with Gasteiger partial charge in [0.15, 0.2) is 11.6 Å². The van der Waals surface area contributed by atoms with Gasteiger partial charge < -0.3 is 10.2 Å². The fraction of sp³-hybridized carbons (Fsp3) is 0.364. The molecule has 0 spiro atoms. The zero-order valence-electron chi connectivity index (χ0n) is 16.8. The minimum absolute atomic E-state index is 0.101. The van der Waals surface area contributed by atoms with Crippen LogP contribution in [0.2, 0.25) is 0 Å². The van der Waals surface area contributed by atoms with E-state index in [1.165, 1.54) is 31.4 Å². The highest BCUT2D eigenvalue weighted by Gasteiger charge is 2.33. The molecular weight excluding hydrogens is 383 g/mol. The van der Waals surface area contributed by atoms with Crippen LogP contribution < -0.4 is 10.2 Å². The Balaban J connectivity index is 1.51. The SMILES string of the molecule is Cc1nn(-c2ccc(N3CCCCC3)nn2)c2c1C(c1ccc(F)cc1)CC(=O)N2. The summed E-state index contributed by atoms with van der Waals surface area (Å²) in [5.41, 5.74) is 2.63. The van der Waals surface area contributed by atoms with Gasteiger partial charge in [-0.1, -0.05) is 12.1 Å². The number of piperidine rings is 1. The van der Waals surface area contributed by atoms with Crippen LogP contribution in [0.15, 0.2) is 36.4 Å². The van der Waals surface area contributed by atoms with Gasteiger partial charge in [0.2, 0.25) is 5.91 Å². The van der Waals surface area contributed by atoms with E-state index in [1.54, 1.807) is 16.8 Å². The third kappa shape index (κ3) is 3.32. The van der Waals surface area contributed by atoms with E-state index in [1.807, 2.05) is 19.1 Å². The Hall–Kier alpha value is -3.29. The van der Waals surface area contributed by atoms with Gasteiger partial charge >= 0.3 is 0 Å². The first kappa shape index (κ1) is 18.7. The Morgan fingerprint density at radius 3 is 2.40 bits per heavy atom. The molecule has 1 atom stereocenters. The Labute approximate surface area is 173 Å². The third-order valence-electron chi connectivity index (χ3n) is 5.91. The molecule has 1 unspecified atom stereocenters. The maximum absolute atomic E-state index is 13.4.